The van der Waals surface area contributed by atoms with Crippen molar-refractivity contribution >= 4 is 27.5 Å². The van der Waals surface area contributed by atoms with Crippen molar-refractivity contribution in [2.75, 3.05) is 0 Å². The van der Waals surface area contributed by atoms with Crippen LogP contribution in [-0.4, -0.2) is 20.5 Å². The van der Waals surface area contributed by atoms with Crippen molar-refractivity contribution in [1.82, 2.24) is 19.9 Å². The van der Waals surface area contributed by atoms with Crippen molar-refractivity contribution in [1.29, 1.82) is 5.26 Å². The number of hydrogen-bond acceptors (Lipinski definition) is 4. The van der Waals surface area contributed by atoms with E-state index < -0.39 is 0 Å². The molecule has 1 N–H and O–H groups in total. The zero-order valence-corrected chi connectivity index (χ0v) is 17.0. The third-order valence-corrected chi connectivity index (χ3v) is 5.21. The van der Waals surface area contributed by atoms with Gasteiger partial charge < -0.3 is 5.32 Å². The maximum absolute atomic E-state index is 12.4. The van der Waals surface area contributed by atoms with Gasteiger partial charge in [-0.15, -0.1) is 0 Å². The molecule has 1 aromatic carbocycles. The molecule has 1 atom stereocenters. The summed E-state index contributed by atoms with van der Waals surface area (Å²) in [4.78, 5) is 16.9. The van der Waals surface area contributed by atoms with E-state index in [0.29, 0.717) is 24.1 Å². The molecule has 0 aliphatic heterocycles. The quantitative estimate of drug-likeness (QED) is 0.673. The number of benzene rings is 1. The van der Waals surface area contributed by atoms with E-state index in [4.69, 9.17) is 5.26 Å². The lowest BCUT2D eigenvalue weighted by atomic mass is 10.1. The third-order valence-electron chi connectivity index (χ3n) is 4.68. The van der Waals surface area contributed by atoms with E-state index in [1.807, 2.05) is 45.0 Å². The lowest BCUT2D eigenvalue weighted by Crippen LogP contribution is -2.27. The molecule has 3 rings (SSSR count). The molecule has 0 saturated heterocycles. The van der Waals surface area contributed by atoms with Crippen molar-refractivity contribution in [3.63, 3.8) is 0 Å². The molecular formula is C20H20BrN5O. The Morgan fingerprint density at radius 1 is 1.33 bits per heavy atom. The van der Waals surface area contributed by atoms with Gasteiger partial charge in [0.1, 0.15) is 11.6 Å². The number of aryl methyl sites for hydroxylation is 2. The van der Waals surface area contributed by atoms with Gasteiger partial charge in [0.15, 0.2) is 5.65 Å². The molecule has 2 aromatic heterocycles. The van der Waals surface area contributed by atoms with Gasteiger partial charge in [-0.2, -0.15) is 10.4 Å². The second-order valence-electron chi connectivity index (χ2n) is 6.51. The Hall–Kier alpha value is -2.72. The maximum atomic E-state index is 12.4. The van der Waals surface area contributed by atoms with Gasteiger partial charge in [-0.05, 0) is 50.5 Å². The Morgan fingerprint density at radius 3 is 2.70 bits per heavy atom. The van der Waals surface area contributed by atoms with Gasteiger partial charge in [0.2, 0.25) is 5.91 Å². The maximum Gasteiger partial charge on any atom is 0.220 e. The van der Waals surface area contributed by atoms with Gasteiger partial charge in [-0.1, -0.05) is 28.1 Å². The first-order valence-electron chi connectivity index (χ1n) is 8.69. The number of nitrogens with one attached hydrogen (secondary N) is 1. The minimum atomic E-state index is -0.0577. The number of nitrogens with zero attached hydrogens (tertiary/aromatic N) is 4. The van der Waals surface area contributed by atoms with Crippen molar-refractivity contribution < 1.29 is 4.79 Å². The summed E-state index contributed by atoms with van der Waals surface area (Å²) in [7, 11) is 0. The third kappa shape index (κ3) is 4.01. The van der Waals surface area contributed by atoms with E-state index in [0.717, 1.165) is 27.0 Å². The summed E-state index contributed by atoms with van der Waals surface area (Å²) in [6, 6.07) is 9.95. The Bertz CT molecular complexity index is 1030. The van der Waals surface area contributed by atoms with Crippen LogP contribution in [0.2, 0.25) is 0 Å². The van der Waals surface area contributed by atoms with E-state index in [-0.39, 0.29) is 11.9 Å². The molecule has 0 fully saturated rings. The van der Waals surface area contributed by atoms with Crippen molar-refractivity contribution in [2.45, 2.75) is 39.7 Å². The average molecular weight is 426 g/mol. The van der Waals surface area contributed by atoms with Crippen LogP contribution < -0.4 is 5.32 Å². The fraction of sp³-hybridized carbons (Fsp3) is 0.300. The van der Waals surface area contributed by atoms with Gasteiger partial charge in [-0.25, -0.2) is 9.50 Å². The number of halogens is 1. The fourth-order valence-corrected chi connectivity index (χ4v) is 3.40. The molecule has 0 radical (unpaired) electrons. The van der Waals surface area contributed by atoms with E-state index in [1.165, 1.54) is 6.20 Å². The number of carbonyl (C=O) groups excluding carboxylic acids is 1. The molecular weight excluding hydrogens is 406 g/mol. The molecule has 7 heteroatoms. The summed E-state index contributed by atoms with van der Waals surface area (Å²) in [5.74, 6) is -0.0116. The first-order chi connectivity index (χ1) is 12.9. The number of amides is 1. The number of aromatic nitrogens is 3. The molecule has 0 aliphatic carbocycles. The van der Waals surface area contributed by atoms with Crippen molar-refractivity contribution in [2.24, 2.45) is 0 Å². The predicted molar refractivity (Wildman–Crippen MR) is 106 cm³/mol. The number of rotatable bonds is 5. The molecule has 0 saturated carbocycles. The monoisotopic (exact) mass is 425 g/mol. The molecule has 6 nitrogen and oxygen atoms in total. The zero-order chi connectivity index (χ0) is 19.6. The largest absolute Gasteiger partial charge is 0.350 e. The summed E-state index contributed by atoms with van der Waals surface area (Å²) in [5.41, 5.74) is 4.79. The Labute approximate surface area is 166 Å². The molecule has 1 amide bonds. The van der Waals surface area contributed by atoms with E-state index in [9.17, 15) is 4.79 Å². The summed E-state index contributed by atoms with van der Waals surface area (Å²) < 4.78 is 2.68. The van der Waals surface area contributed by atoms with Gasteiger partial charge in [-0.3, -0.25) is 4.79 Å². The van der Waals surface area contributed by atoms with Gasteiger partial charge in [0.05, 0.1) is 12.2 Å². The smallest absolute Gasteiger partial charge is 0.220 e. The highest BCUT2D eigenvalue weighted by atomic mass is 79.9. The van der Waals surface area contributed by atoms with E-state index in [1.54, 1.807) is 4.52 Å². The lowest BCUT2D eigenvalue weighted by molar-refractivity contribution is -0.121. The predicted octanol–water partition coefficient (Wildman–Crippen LogP) is 3.79. The normalized spacial score (nSPS) is 12.0. The lowest BCUT2D eigenvalue weighted by Gasteiger charge is -2.15. The molecule has 2 heterocycles. The SMILES string of the molecule is Cc1nc2c(C#N)cnn2c(C)c1CCC(=O)NC(C)c1ccc(Br)cc1. The minimum Gasteiger partial charge on any atom is -0.350 e. The van der Waals surface area contributed by atoms with Gasteiger partial charge >= 0.3 is 0 Å². The van der Waals surface area contributed by atoms with Crippen LogP contribution in [0.3, 0.4) is 0 Å². The molecule has 0 spiro atoms. The topological polar surface area (TPSA) is 83.1 Å². The van der Waals surface area contributed by atoms with Gasteiger partial charge in [0, 0.05) is 22.3 Å². The zero-order valence-electron chi connectivity index (χ0n) is 15.5. The summed E-state index contributed by atoms with van der Waals surface area (Å²) in [6.07, 6.45) is 2.45. The van der Waals surface area contributed by atoms with Crippen LogP contribution in [0.15, 0.2) is 34.9 Å². The fourth-order valence-electron chi connectivity index (χ4n) is 3.14. The van der Waals surface area contributed by atoms with E-state index >= 15 is 0 Å². The van der Waals surface area contributed by atoms with Crippen LogP contribution in [0.5, 0.6) is 0 Å². The van der Waals surface area contributed by atoms with Crippen LogP contribution in [0, 0.1) is 25.2 Å². The van der Waals surface area contributed by atoms with Gasteiger partial charge in [0.25, 0.3) is 0 Å². The summed E-state index contributed by atoms with van der Waals surface area (Å²) in [5, 5.41) is 16.4. The number of carbonyl (C=O) groups is 1. The van der Waals surface area contributed by atoms with Crippen molar-refractivity contribution in [3.8, 4) is 6.07 Å². The number of fused-ring (bicyclic) bond motifs is 1. The molecule has 138 valence electrons. The first kappa shape index (κ1) is 19.1. The summed E-state index contributed by atoms with van der Waals surface area (Å²) in [6.45, 7) is 5.81. The Balaban J connectivity index is 1.70. The van der Waals surface area contributed by atoms with Crippen LogP contribution >= 0.6 is 15.9 Å². The second-order valence-corrected chi connectivity index (χ2v) is 7.42. The van der Waals surface area contributed by atoms with Crippen LogP contribution in [0.25, 0.3) is 5.65 Å². The Kier molecular flexibility index (Phi) is 5.57. The molecule has 0 aliphatic rings. The highest BCUT2D eigenvalue weighted by molar-refractivity contribution is 9.10. The number of nitriles is 1. The standard InChI is InChI=1S/C20H20BrN5O/c1-12(15-4-6-17(21)7-5-15)24-19(27)9-8-18-13(2)25-20-16(10-22)11-23-26(20)14(18)3/h4-7,11-12H,8-9H2,1-3H3,(H,24,27). The van der Waals surface area contributed by atoms with Crippen LogP contribution in [0.4, 0.5) is 0 Å². The van der Waals surface area contributed by atoms with Crippen LogP contribution in [-0.2, 0) is 11.2 Å². The first-order valence-corrected chi connectivity index (χ1v) is 9.48. The minimum absolute atomic E-state index is 0.0116. The molecule has 27 heavy (non-hydrogen) atoms. The van der Waals surface area contributed by atoms with E-state index in [2.05, 4.69) is 37.4 Å². The summed E-state index contributed by atoms with van der Waals surface area (Å²) >= 11 is 3.41. The highest BCUT2D eigenvalue weighted by Crippen LogP contribution is 2.19. The van der Waals surface area contributed by atoms with Crippen molar-refractivity contribution in [3.05, 3.63) is 63.0 Å². The molecule has 3 aromatic rings. The number of hydrogen-bond donors (Lipinski definition) is 1. The molecule has 1 unspecified atom stereocenters. The van der Waals surface area contributed by atoms with Crippen LogP contribution in [0.1, 0.15) is 47.5 Å². The second kappa shape index (κ2) is 7.89. The average Bonchev–Trinajstić information content (AvgIpc) is 3.05. The molecule has 0 bridgehead atoms. The Morgan fingerprint density at radius 2 is 2.04 bits per heavy atom. The highest BCUT2D eigenvalue weighted by Gasteiger charge is 2.15.